The van der Waals surface area contributed by atoms with Crippen LogP contribution in [-0.4, -0.2) is 48.0 Å². The van der Waals surface area contributed by atoms with E-state index in [0.29, 0.717) is 17.3 Å². The van der Waals surface area contributed by atoms with Gasteiger partial charge in [-0.15, -0.1) is 0 Å². The smallest absolute Gasteiger partial charge is 0.242 e. The van der Waals surface area contributed by atoms with Gasteiger partial charge in [0.15, 0.2) is 5.11 Å². The van der Waals surface area contributed by atoms with Crippen LogP contribution in [0.15, 0.2) is 59.8 Å². The normalized spacial score (nSPS) is 11.7. The summed E-state index contributed by atoms with van der Waals surface area (Å²) in [6.07, 6.45) is 2.72. The second-order valence-electron chi connectivity index (χ2n) is 6.48. The number of fused-ring (bicyclic) bond motifs is 1. The van der Waals surface area contributed by atoms with Gasteiger partial charge in [0.05, 0.1) is 22.3 Å². The van der Waals surface area contributed by atoms with Gasteiger partial charge in [-0.05, 0) is 49.0 Å². The molecule has 0 aliphatic rings. The van der Waals surface area contributed by atoms with Gasteiger partial charge >= 0.3 is 0 Å². The van der Waals surface area contributed by atoms with Gasteiger partial charge in [0.25, 0.3) is 0 Å². The van der Waals surface area contributed by atoms with E-state index in [2.05, 4.69) is 26.3 Å². The predicted octanol–water partition coefficient (Wildman–Crippen LogP) is 2.66. The molecule has 28 heavy (non-hydrogen) atoms. The molecule has 9 heteroatoms. The molecule has 1 aromatic heterocycles. The molecule has 0 bridgehead atoms. The number of imidazole rings is 1. The Labute approximate surface area is 170 Å². The third kappa shape index (κ3) is 4.67. The van der Waals surface area contributed by atoms with Crippen molar-refractivity contribution in [3.05, 3.63) is 54.9 Å². The average molecular weight is 418 g/mol. The number of thiocarbonyl (C=S) groups is 1. The molecule has 2 aromatic carbocycles. The third-order valence-electron chi connectivity index (χ3n) is 4.26. The molecule has 0 amide bonds. The maximum atomic E-state index is 12.2. The Morgan fingerprint density at radius 3 is 2.75 bits per heavy atom. The highest BCUT2D eigenvalue weighted by atomic mass is 32.2. The zero-order valence-corrected chi connectivity index (χ0v) is 17.4. The molecule has 0 fully saturated rings. The standard InChI is InChI=1S/C19H23N5O2S2/c1-23(2)28(25,26)16-8-5-7-15(13-16)22-19(27)20-11-6-12-24-14-21-17-9-3-4-10-18(17)24/h3-5,7-10,13-14H,6,11-12H2,1-2H3,(H2,20,22,27). The molecular weight excluding hydrogens is 394 g/mol. The minimum atomic E-state index is -3.48. The lowest BCUT2D eigenvalue weighted by atomic mass is 10.3. The zero-order chi connectivity index (χ0) is 20.1. The van der Waals surface area contributed by atoms with E-state index in [0.717, 1.165) is 24.0 Å². The summed E-state index contributed by atoms with van der Waals surface area (Å²) in [6.45, 7) is 1.51. The number of benzene rings is 2. The Morgan fingerprint density at radius 2 is 1.96 bits per heavy atom. The number of rotatable bonds is 7. The number of aryl methyl sites for hydroxylation is 1. The summed E-state index contributed by atoms with van der Waals surface area (Å²) >= 11 is 5.31. The Hall–Kier alpha value is -2.49. The molecule has 0 spiro atoms. The monoisotopic (exact) mass is 417 g/mol. The van der Waals surface area contributed by atoms with Gasteiger partial charge in [-0.25, -0.2) is 17.7 Å². The molecule has 0 atom stereocenters. The van der Waals surface area contributed by atoms with Crippen LogP contribution in [0.3, 0.4) is 0 Å². The number of hydrogen-bond acceptors (Lipinski definition) is 4. The molecule has 0 aliphatic carbocycles. The van der Waals surface area contributed by atoms with Gasteiger partial charge in [-0.1, -0.05) is 18.2 Å². The summed E-state index contributed by atoms with van der Waals surface area (Å²) in [5.41, 5.74) is 2.73. The van der Waals surface area contributed by atoms with Gasteiger partial charge in [0, 0.05) is 32.9 Å². The fraction of sp³-hybridized carbons (Fsp3) is 0.263. The molecule has 3 aromatic rings. The van der Waals surface area contributed by atoms with Gasteiger partial charge < -0.3 is 15.2 Å². The maximum absolute atomic E-state index is 12.2. The van der Waals surface area contributed by atoms with Crippen molar-refractivity contribution in [2.24, 2.45) is 0 Å². The van der Waals surface area contributed by atoms with E-state index >= 15 is 0 Å². The fourth-order valence-corrected chi connectivity index (χ4v) is 3.93. The average Bonchev–Trinajstić information content (AvgIpc) is 3.08. The quantitative estimate of drug-likeness (QED) is 0.455. The van der Waals surface area contributed by atoms with Crippen LogP contribution in [0.1, 0.15) is 6.42 Å². The number of anilines is 1. The van der Waals surface area contributed by atoms with Crippen molar-refractivity contribution < 1.29 is 8.42 Å². The lowest BCUT2D eigenvalue weighted by Crippen LogP contribution is -2.30. The molecule has 0 saturated carbocycles. The summed E-state index contributed by atoms with van der Waals surface area (Å²) < 4.78 is 27.8. The van der Waals surface area contributed by atoms with Crippen LogP contribution in [0.25, 0.3) is 11.0 Å². The highest BCUT2D eigenvalue weighted by Gasteiger charge is 2.17. The predicted molar refractivity (Wildman–Crippen MR) is 116 cm³/mol. The number of aromatic nitrogens is 2. The second kappa shape index (κ2) is 8.68. The van der Waals surface area contributed by atoms with Crippen LogP contribution >= 0.6 is 12.2 Å². The van der Waals surface area contributed by atoms with Crippen LogP contribution in [0.2, 0.25) is 0 Å². The van der Waals surface area contributed by atoms with Crippen LogP contribution in [0.4, 0.5) is 5.69 Å². The molecule has 1 heterocycles. The molecule has 0 radical (unpaired) electrons. The topological polar surface area (TPSA) is 79.3 Å². The molecule has 2 N–H and O–H groups in total. The molecule has 148 valence electrons. The maximum Gasteiger partial charge on any atom is 0.242 e. The van der Waals surface area contributed by atoms with E-state index in [1.807, 2.05) is 24.5 Å². The number of nitrogens with one attached hydrogen (secondary N) is 2. The first kappa shape index (κ1) is 20.2. The fourth-order valence-electron chi connectivity index (χ4n) is 2.76. The molecule has 0 saturated heterocycles. The SMILES string of the molecule is CN(C)S(=O)(=O)c1cccc(NC(=S)NCCCn2cnc3ccccc32)c1. The lowest BCUT2D eigenvalue weighted by Gasteiger charge is -2.14. The van der Waals surface area contributed by atoms with Gasteiger partial charge in [-0.2, -0.15) is 0 Å². The Bertz CT molecular complexity index is 1080. The number of sulfonamides is 1. The number of para-hydroxylation sites is 2. The second-order valence-corrected chi connectivity index (χ2v) is 9.04. The van der Waals surface area contributed by atoms with Crippen molar-refractivity contribution in [2.75, 3.05) is 26.0 Å². The largest absolute Gasteiger partial charge is 0.362 e. The number of nitrogens with zero attached hydrogens (tertiary/aromatic N) is 3. The Morgan fingerprint density at radius 1 is 1.18 bits per heavy atom. The van der Waals surface area contributed by atoms with Crippen molar-refractivity contribution in [2.45, 2.75) is 17.9 Å². The molecule has 3 rings (SSSR count). The van der Waals surface area contributed by atoms with Crippen molar-refractivity contribution in [1.82, 2.24) is 19.2 Å². The van der Waals surface area contributed by atoms with Crippen LogP contribution < -0.4 is 10.6 Å². The van der Waals surface area contributed by atoms with E-state index < -0.39 is 10.0 Å². The van der Waals surface area contributed by atoms with E-state index in [4.69, 9.17) is 12.2 Å². The van der Waals surface area contributed by atoms with E-state index in [9.17, 15) is 8.42 Å². The number of hydrogen-bond donors (Lipinski definition) is 2. The van der Waals surface area contributed by atoms with Gasteiger partial charge in [0.1, 0.15) is 0 Å². The lowest BCUT2D eigenvalue weighted by molar-refractivity contribution is 0.521. The van der Waals surface area contributed by atoms with E-state index in [1.54, 1.807) is 24.3 Å². The zero-order valence-electron chi connectivity index (χ0n) is 15.8. The van der Waals surface area contributed by atoms with Crippen molar-refractivity contribution >= 4 is 44.1 Å². The van der Waals surface area contributed by atoms with Crippen molar-refractivity contribution in [1.29, 1.82) is 0 Å². The summed E-state index contributed by atoms with van der Waals surface area (Å²) in [5.74, 6) is 0. The first-order chi connectivity index (χ1) is 13.4. The molecule has 7 nitrogen and oxygen atoms in total. The Kier molecular flexibility index (Phi) is 6.28. The van der Waals surface area contributed by atoms with Gasteiger partial charge in [-0.3, -0.25) is 0 Å². The highest BCUT2D eigenvalue weighted by Crippen LogP contribution is 2.18. The summed E-state index contributed by atoms with van der Waals surface area (Å²) in [6, 6.07) is 14.6. The summed E-state index contributed by atoms with van der Waals surface area (Å²) in [4.78, 5) is 4.60. The van der Waals surface area contributed by atoms with Crippen LogP contribution in [0.5, 0.6) is 0 Å². The minimum Gasteiger partial charge on any atom is -0.362 e. The van der Waals surface area contributed by atoms with Gasteiger partial charge in [0.2, 0.25) is 10.0 Å². The molecule has 0 aliphatic heterocycles. The summed E-state index contributed by atoms with van der Waals surface area (Å²) in [7, 11) is -0.468. The van der Waals surface area contributed by atoms with Crippen molar-refractivity contribution in [3.8, 4) is 0 Å². The molecular formula is C19H23N5O2S2. The summed E-state index contributed by atoms with van der Waals surface area (Å²) in [5, 5.41) is 6.64. The first-order valence-electron chi connectivity index (χ1n) is 8.85. The van der Waals surface area contributed by atoms with Crippen LogP contribution in [-0.2, 0) is 16.6 Å². The first-order valence-corrected chi connectivity index (χ1v) is 10.7. The Balaban J connectivity index is 1.51. The minimum absolute atomic E-state index is 0.220. The van der Waals surface area contributed by atoms with E-state index in [1.165, 1.54) is 18.4 Å². The van der Waals surface area contributed by atoms with E-state index in [-0.39, 0.29) is 4.90 Å². The highest BCUT2D eigenvalue weighted by molar-refractivity contribution is 7.89. The third-order valence-corrected chi connectivity index (χ3v) is 6.32. The van der Waals surface area contributed by atoms with Crippen molar-refractivity contribution in [3.63, 3.8) is 0 Å². The van der Waals surface area contributed by atoms with Crippen LogP contribution in [0, 0.1) is 0 Å². The molecule has 0 unspecified atom stereocenters.